The standard InChI is InChI=1S/C35H34ClN9O7/c1-3-37-29(46)19-45-33(49)22(14-28(43-45)23-4-10-31(39-15-23)52-35(2)20-50-21-35)12-13-38-30(47)18-44-32(48)11-9-27(42-44)24-16-40-34(41-17-24)51-26-7-5-25(36)6-8-26/h4-11,14-17H,3,12-13,18-21H2,1-2H3,(H,37,46)(H,38,47). The van der Waals surface area contributed by atoms with E-state index in [9.17, 15) is 19.2 Å². The maximum Gasteiger partial charge on any atom is 0.321 e. The first-order chi connectivity index (χ1) is 25.1. The number of likely N-dealkylation sites (N-methyl/N-ethyl adjacent to an activating group) is 1. The van der Waals surface area contributed by atoms with Crippen LogP contribution in [0.1, 0.15) is 19.4 Å². The minimum atomic E-state index is -0.503. The lowest BCUT2D eigenvalue weighted by molar-refractivity contribution is -0.151. The minimum absolute atomic E-state index is 0.0573. The van der Waals surface area contributed by atoms with Crippen molar-refractivity contribution in [3.8, 4) is 40.2 Å². The number of benzene rings is 1. The second kappa shape index (κ2) is 15.9. The van der Waals surface area contributed by atoms with E-state index in [1.165, 1.54) is 24.5 Å². The Morgan fingerprint density at radius 2 is 1.56 bits per heavy atom. The summed E-state index contributed by atoms with van der Waals surface area (Å²) < 4.78 is 18.9. The Bertz CT molecular complexity index is 2170. The molecule has 0 spiro atoms. The largest absolute Gasteiger partial charge is 0.466 e. The summed E-state index contributed by atoms with van der Waals surface area (Å²) >= 11 is 5.91. The van der Waals surface area contributed by atoms with Crippen molar-refractivity contribution in [3.05, 3.63) is 104 Å². The Labute approximate surface area is 301 Å². The molecule has 1 aliphatic heterocycles. The molecule has 1 aromatic carbocycles. The predicted molar refractivity (Wildman–Crippen MR) is 188 cm³/mol. The Balaban J connectivity index is 1.11. The molecule has 1 saturated heterocycles. The number of carbonyl (C=O) groups is 2. The highest BCUT2D eigenvalue weighted by Crippen LogP contribution is 2.26. The third kappa shape index (κ3) is 9.01. The van der Waals surface area contributed by atoms with E-state index in [2.05, 4.69) is 35.8 Å². The summed E-state index contributed by atoms with van der Waals surface area (Å²) in [5.74, 6) is 0.0442. The molecule has 2 N–H and O–H groups in total. The quantitative estimate of drug-likeness (QED) is 0.170. The smallest absolute Gasteiger partial charge is 0.321 e. The van der Waals surface area contributed by atoms with Gasteiger partial charge in [0.25, 0.3) is 11.1 Å². The lowest BCUT2D eigenvalue weighted by atomic mass is 10.1. The second-order valence-electron chi connectivity index (χ2n) is 12.0. The summed E-state index contributed by atoms with van der Waals surface area (Å²) in [4.78, 5) is 64.0. The van der Waals surface area contributed by atoms with Crippen molar-refractivity contribution in [1.82, 2.24) is 45.1 Å². The van der Waals surface area contributed by atoms with E-state index in [0.717, 1.165) is 9.36 Å². The molecule has 0 unspecified atom stereocenters. The normalized spacial score (nSPS) is 13.1. The van der Waals surface area contributed by atoms with E-state index >= 15 is 0 Å². The molecule has 1 fully saturated rings. The minimum Gasteiger partial charge on any atom is -0.466 e. The van der Waals surface area contributed by atoms with Crippen molar-refractivity contribution in [2.75, 3.05) is 26.3 Å². The number of nitrogens with one attached hydrogen (secondary N) is 2. The molecule has 5 aromatic rings. The van der Waals surface area contributed by atoms with Gasteiger partial charge in [0.05, 0.1) is 24.6 Å². The second-order valence-corrected chi connectivity index (χ2v) is 12.5. The first kappa shape index (κ1) is 35.8. The van der Waals surface area contributed by atoms with Crippen molar-refractivity contribution in [2.24, 2.45) is 0 Å². The molecule has 0 radical (unpaired) electrons. The highest BCUT2D eigenvalue weighted by molar-refractivity contribution is 6.30. The molecule has 0 atom stereocenters. The summed E-state index contributed by atoms with van der Waals surface area (Å²) in [6, 6.07) is 14.7. The summed E-state index contributed by atoms with van der Waals surface area (Å²) in [5, 5.41) is 14.7. The van der Waals surface area contributed by atoms with Gasteiger partial charge in [0.1, 0.15) is 18.8 Å². The van der Waals surface area contributed by atoms with Crippen LogP contribution >= 0.6 is 11.6 Å². The van der Waals surface area contributed by atoms with E-state index in [-0.39, 0.29) is 38.0 Å². The molecule has 4 aromatic heterocycles. The fraction of sp³-hybridized carbons (Fsp3) is 0.286. The number of halogens is 1. The van der Waals surface area contributed by atoms with Gasteiger partial charge in [0, 0.05) is 65.5 Å². The van der Waals surface area contributed by atoms with Gasteiger partial charge in [-0.05, 0) is 62.7 Å². The van der Waals surface area contributed by atoms with Crippen LogP contribution in [0.15, 0.2) is 82.8 Å². The average Bonchev–Trinajstić information content (AvgIpc) is 3.12. The van der Waals surface area contributed by atoms with Crippen molar-refractivity contribution in [1.29, 1.82) is 0 Å². The van der Waals surface area contributed by atoms with Gasteiger partial charge in [0.15, 0.2) is 5.60 Å². The third-order valence-corrected chi connectivity index (χ3v) is 7.99. The van der Waals surface area contributed by atoms with Gasteiger partial charge in [-0.2, -0.15) is 10.2 Å². The molecule has 0 bridgehead atoms. The van der Waals surface area contributed by atoms with Gasteiger partial charge in [-0.25, -0.2) is 24.3 Å². The summed E-state index contributed by atoms with van der Waals surface area (Å²) in [6.07, 6.45) is 4.66. The lowest BCUT2D eigenvalue weighted by Crippen LogP contribution is -2.51. The van der Waals surface area contributed by atoms with Crippen LogP contribution in [0.3, 0.4) is 0 Å². The van der Waals surface area contributed by atoms with Crippen molar-refractivity contribution >= 4 is 23.4 Å². The van der Waals surface area contributed by atoms with Gasteiger partial charge in [-0.15, -0.1) is 0 Å². The number of hydrogen-bond acceptors (Lipinski definition) is 12. The zero-order chi connectivity index (χ0) is 36.7. The molecular formula is C35H34ClN9O7. The fourth-order valence-electron chi connectivity index (χ4n) is 5.06. The highest BCUT2D eigenvalue weighted by atomic mass is 35.5. The molecule has 16 nitrogen and oxygen atoms in total. The number of pyridine rings is 1. The van der Waals surface area contributed by atoms with E-state index in [0.29, 0.717) is 64.5 Å². The Morgan fingerprint density at radius 3 is 2.23 bits per heavy atom. The van der Waals surface area contributed by atoms with Crippen LogP contribution in [-0.4, -0.2) is 78.2 Å². The fourth-order valence-corrected chi connectivity index (χ4v) is 5.19. The molecule has 268 valence electrons. The Hall–Kier alpha value is -6.00. The molecule has 1 aliphatic rings. The maximum absolute atomic E-state index is 13.3. The third-order valence-electron chi connectivity index (χ3n) is 7.74. The van der Waals surface area contributed by atoms with Crippen LogP contribution in [0.5, 0.6) is 17.6 Å². The number of rotatable bonds is 14. The summed E-state index contributed by atoms with van der Waals surface area (Å²) in [7, 11) is 0. The summed E-state index contributed by atoms with van der Waals surface area (Å²) in [6.45, 7) is 4.42. The Kier molecular flexibility index (Phi) is 11.0. The summed E-state index contributed by atoms with van der Waals surface area (Å²) in [5.41, 5.74) is 0.766. The molecule has 0 saturated carbocycles. The van der Waals surface area contributed by atoms with Gasteiger partial charge in [-0.3, -0.25) is 19.2 Å². The van der Waals surface area contributed by atoms with E-state index in [1.54, 1.807) is 55.6 Å². The Morgan fingerprint density at radius 1 is 0.865 bits per heavy atom. The van der Waals surface area contributed by atoms with E-state index < -0.39 is 22.6 Å². The number of aromatic nitrogens is 7. The zero-order valence-corrected chi connectivity index (χ0v) is 29.0. The molecule has 0 aliphatic carbocycles. The number of hydrogen-bond donors (Lipinski definition) is 2. The van der Waals surface area contributed by atoms with Gasteiger partial charge in [-0.1, -0.05) is 11.6 Å². The predicted octanol–water partition coefficient (Wildman–Crippen LogP) is 2.43. The zero-order valence-electron chi connectivity index (χ0n) is 28.2. The van der Waals surface area contributed by atoms with Gasteiger partial charge in [0.2, 0.25) is 17.7 Å². The van der Waals surface area contributed by atoms with Crippen LogP contribution in [0.2, 0.25) is 5.02 Å². The van der Waals surface area contributed by atoms with Crippen LogP contribution in [0.4, 0.5) is 0 Å². The topological polar surface area (TPSA) is 194 Å². The average molecular weight is 728 g/mol. The number of carbonyl (C=O) groups excluding carboxylic acids is 2. The van der Waals surface area contributed by atoms with Crippen molar-refractivity contribution in [2.45, 2.75) is 39.0 Å². The SMILES string of the molecule is CCNC(=O)Cn1nc(-c2ccc(OC3(C)COC3)nc2)cc(CCNC(=O)Cn2nc(-c3cnc(Oc4ccc(Cl)cc4)nc3)ccc2=O)c1=O. The highest BCUT2D eigenvalue weighted by Gasteiger charge is 2.36. The maximum atomic E-state index is 13.3. The molecule has 5 heterocycles. The first-order valence-electron chi connectivity index (χ1n) is 16.3. The molecule has 52 heavy (non-hydrogen) atoms. The monoisotopic (exact) mass is 727 g/mol. The van der Waals surface area contributed by atoms with Gasteiger partial charge < -0.3 is 24.8 Å². The van der Waals surface area contributed by atoms with Crippen molar-refractivity contribution in [3.63, 3.8) is 0 Å². The molecular weight excluding hydrogens is 694 g/mol. The van der Waals surface area contributed by atoms with E-state index in [1.807, 2.05) is 6.92 Å². The first-order valence-corrected chi connectivity index (χ1v) is 16.7. The molecule has 2 amide bonds. The van der Waals surface area contributed by atoms with Crippen LogP contribution in [0, 0.1) is 0 Å². The number of amides is 2. The lowest BCUT2D eigenvalue weighted by Gasteiger charge is -2.37. The van der Waals surface area contributed by atoms with Crippen LogP contribution in [-0.2, 0) is 33.8 Å². The van der Waals surface area contributed by atoms with Gasteiger partial charge >= 0.3 is 6.01 Å². The molecule has 6 rings (SSSR count). The van der Waals surface area contributed by atoms with Crippen LogP contribution in [0.25, 0.3) is 22.5 Å². The molecule has 17 heteroatoms. The number of ether oxygens (including phenoxy) is 3. The number of nitrogens with zero attached hydrogens (tertiary/aromatic N) is 7. The van der Waals surface area contributed by atoms with Crippen LogP contribution < -0.4 is 31.2 Å². The van der Waals surface area contributed by atoms with E-state index in [4.69, 9.17) is 25.8 Å². The van der Waals surface area contributed by atoms with Crippen molar-refractivity contribution < 1.29 is 23.8 Å².